The van der Waals surface area contributed by atoms with Crippen molar-refractivity contribution in [3.8, 4) is 6.07 Å². The standard InChI is InChI=1S/C23H27N7/c1-14-16(11-24)6-5-7-19(14)22(25)26-23-21-10-17(30-12-18(13-30)29(3)4)8-9-20(21)15(2)27-28-23/h5-10,18,22H,12-13,25H2,1-4H3,(H,26,28)/t22-/m0/s1. The summed E-state index contributed by atoms with van der Waals surface area (Å²) >= 11 is 0. The average molecular weight is 402 g/mol. The first-order valence-corrected chi connectivity index (χ1v) is 10.1. The lowest BCUT2D eigenvalue weighted by Gasteiger charge is -2.44. The van der Waals surface area contributed by atoms with Crippen molar-refractivity contribution in [2.75, 3.05) is 37.4 Å². The molecule has 4 rings (SSSR count). The van der Waals surface area contributed by atoms with E-state index in [2.05, 4.69) is 63.7 Å². The Morgan fingerprint density at radius 2 is 1.93 bits per heavy atom. The maximum atomic E-state index is 9.31. The van der Waals surface area contributed by atoms with E-state index in [0.29, 0.717) is 17.4 Å². The summed E-state index contributed by atoms with van der Waals surface area (Å²) in [4.78, 5) is 4.63. The molecule has 2 aromatic carbocycles. The zero-order valence-corrected chi connectivity index (χ0v) is 17.8. The Labute approximate surface area is 177 Å². The maximum absolute atomic E-state index is 9.31. The third-order valence-corrected chi connectivity index (χ3v) is 6.03. The average Bonchev–Trinajstić information content (AvgIpc) is 2.69. The van der Waals surface area contributed by atoms with Crippen LogP contribution in [-0.2, 0) is 0 Å². The van der Waals surface area contributed by atoms with Crippen molar-refractivity contribution in [3.05, 3.63) is 58.8 Å². The number of aryl methyl sites for hydroxylation is 1. The fourth-order valence-electron chi connectivity index (χ4n) is 3.91. The second-order valence-corrected chi connectivity index (χ2v) is 8.14. The Bertz CT molecular complexity index is 1130. The Kier molecular flexibility index (Phi) is 5.29. The number of nitrogens with one attached hydrogen (secondary N) is 1. The van der Waals surface area contributed by atoms with Gasteiger partial charge in [0.1, 0.15) is 6.17 Å². The van der Waals surface area contributed by atoms with Gasteiger partial charge in [-0.2, -0.15) is 10.4 Å². The zero-order valence-electron chi connectivity index (χ0n) is 17.8. The SMILES string of the molecule is Cc1c(C#N)cccc1[C@@H](N)Nc1nnc(C)c2ccc(N3CC(N(C)C)C3)cc12. The summed E-state index contributed by atoms with van der Waals surface area (Å²) in [6.07, 6.45) is -0.496. The van der Waals surface area contributed by atoms with Gasteiger partial charge in [0.2, 0.25) is 0 Å². The van der Waals surface area contributed by atoms with Gasteiger partial charge >= 0.3 is 0 Å². The molecule has 0 saturated carbocycles. The first kappa shape index (κ1) is 20.1. The lowest BCUT2D eigenvalue weighted by atomic mass is 10.0. The van der Waals surface area contributed by atoms with Crippen LogP contribution in [0.3, 0.4) is 0 Å². The molecule has 0 amide bonds. The monoisotopic (exact) mass is 401 g/mol. The molecule has 7 heteroatoms. The van der Waals surface area contributed by atoms with Crippen LogP contribution in [-0.4, -0.2) is 48.3 Å². The van der Waals surface area contributed by atoms with E-state index < -0.39 is 6.17 Å². The second-order valence-electron chi connectivity index (χ2n) is 8.14. The van der Waals surface area contributed by atoms with Crippen LogP contribution in [0.1, 0.15) is 28.6 Å². The molecule has 3 N–H and O–H groups in total. The van der Waals surface area contributed by atoms with Crippen LogP contribution >= 0.6 is 0 Å². The van der Waals surface area contributed by atoms with Gasteiger partial charge in [-0.1, -0.05) is 18.2 Å². The van der Waals surface area contributed by atoms with Gasteiger partial charge in [-0.3, -0.25) is 0 Å². The summed E-state index contributed by atoms with van der Waals surface area (Å²) in [7, 11) is 4.24. The summed E-state index contributed by atoms with van der Waals surface area (Å²) in [5, 5.41) is 23.4. The van der Waals surface area contributed by atoms with Gasteiger partial charge in [0.15, 0.2) is 5.82 Å². The number of hydrogen-bond donors (Lipinski definition) is 2. The second kappa shape index (κ2) is 7.90. The van der Waals surface area contributed by atoms with Crippen LogP contribution in [0.4, 0.5) is 11.5 Å². The van der Waals surface area contributed by atoms with E-state index in [1.54, 1.807) is 6.07 Å². The van der Waals surface area contributed by atoms with Crippen molar-refractivity contribution in [1.82, 2.24) is 15.1 Å². The number of nitrogens with zero attached hydrogens (tertiary/aromatic N) is 5. The van der Waals surface area contributed by atoms with Crippen LogP contribution in [0.25, 0.3) is 10.8 Å². The number of fused-ring (bicyclic) bond motifs is 1. The molecule has 30 heavy (non-hydrogen) atoms. The Morgan fingerprint density at radius 1 is 1.17 bits per heavy atom. The quantitative estimate of drug-likeness (QED) is 0.635. The highest BCUT2D eigenvalue weighted by atomic mass is 15.3. The van der Waals surface area contributed by atoms with Crippen LogP contribution in [0, 0.1) is 25.2 Å². The minimum Gasteiger partial charge on any atom is -0.368 e. The van der Waals surface area contributed by atoms with E-state index in [0.717, 1.165) is 40.7 Å². The Morgan fingerprint density at radius 3 is 2.63 bits per heavy atom. The minimum absolute atomic E-state index is 0.496. The number of aromatic nitrogens is 2. The number of hydrogen-bond acceptors (Lipinski definition) is 7. The molecule has 1 aliphatic heterocycles. The molecule has 1 aromatic heterocycles. The summed E-state index contributed by atoms with van der Waals surface area (Å²) in [5.74, 6) is 0.649. The Hall–Kier alpha value is -3.21. The molecular formula is C23H27N7. The van der Waals surface area contributed by atoms with E-state index >= 15 is 0 Å². The molecule has 1 fully saturated rings. The summed E-state index contributed by atoms with van der Waals surface area (Å²) in [5.41, 5.74) is 10.9. The number of nitriles is 1. The third-order valence-electron chi connectivity index (χ3n) is 6.03. The van der Waals surface area contributed by atoms with Gasteiger partial charge in [0, 0.05) is 35.6 Å². The first-order chi connectivity index (χ1) is 14.4. The van der Waals surface area contributed by atoms with Gasteiger partial charge < -0.3 is 20.9 Å². The zero-order chi connectivity index (χ0) is 21.4. The highest BCUT2D eigenvalue weighted by molar-refractivity contribution is 5.95. The predicted octanol–water partition coefficient (Wildman–Crippen LogP) is 2.94. The number of rotatable bonds is 5. The van der Waals surface area contributed by atoms with E-state index in [1.807, 2.05) is 26.0 Å². The molecule has 0 aliphatic carbocycles. The third kappa shape index (κ3) is 3.56. The summed E-state index contributed by atoms with van der Waals surface area (Å²) in [6, 6.07) is 14.8. The molecule has 0 radical (unpaired) electrons. The van der Waals surface area contributed by atoms with Crippen molar-refractivity contribution in [2.45, 2.75) is 26.1 Å². The van der Waals surface area contributed by atoms with E-state index in [4.69, 9.17) is 5.73 Å². The number of anilines is 2. The summed E-state index contributed by atoms with van der Waals surface area (Å²) in [6.45, 7) is 5.90. The van der Waals surface area contributed by atoms with E-state index in [9.17, 15) is 5.26 Å². The molecule has 1 saturated heterocycles. The van der Waals surface area contributed by atoms with Gasteiger partial charge in [0.25, 0.3) is 0 Å². The molecule has 3 aromatic rings. The number of likely N-dealkylation sites (N-methyl/N-ethyl adjacent to an activating group) is 1. The van der Waals surface area contributed by atoms with Crippen LogP contribution in [0.2, 0.25) is 0 Å². The maximum Gasteiger partial charge on any atom is 0.158 e. The van der Waals surface area contributed by atoms with Crippen LogP contribution in [0.5, 0.6) is 0 Å². The smallest absolute Gasteiger partial charge is 0.158 e. The lowest BCUT2D eigenvalue weighted by Crippen LogP contribution is -2.57. The van der Waals surface area contributed by atoms with Gasteiger partial charge in [-0.25, -0.2) is 0 Å². The largest absolute Gasteiger partial charge is 0.368 e. The topological polar surface area (TPSA) is 94.1 Å². The number of benzene rings is 2. The minimum atomic E-state index is -0.496. The molecular weight excluding hydrogens is 374 g/mol. The fraction of sp³-hybridized carbons (Fsp3) is 0.348. The summed E-state index contributed by atoms with van der Waals surface area (Å²) < 4.78 is 0. The van der Waals surface area contributed by atoms with Crippen molar-refractivity contribution >= 4 is 22.3 Å². The van der Waals surface area contributed by atoms with Crippen molar-refractivity contribution < 1.29 is 0 Å². The number of nitrogens with two attached hydrogens (primary N) is 1. The van der Waals surface area contributed by atoms with E-state index in [-0.39, 0.29) is 0 Å². The molecule has 7 nitrogen and oxygen atoms in total. The molecule has 154 valence electrons. The van der Waals surface area contributed by atoms with Crippen molar-refractivity contribution in [1.29, 1.82) is 5.26 Å². The predicted molar refractivity (Wildman–Crippen MR) is 120 cm³/mol. The normalized spacial score (nSPS) is 15.2. The highest BCUT2D eigenvalue weighted by Gasteiger charge is 2.28. The molecule has 1 atom stereocenters. The molecule has 2 heterocycles. The molecule has 1 aliphatic rings. The molecule has 0 bridgehead atoms. The van der Waals surface area contributed by atoms with Gasteiger partial charge in [0.05, 0.1) is 17.3 Å². The van der Waals surface area contributed by atoms with Crippen molar-refractivity contribution in [2.24, 2.45) is 5.73 Å². The molecule has 0 spiro atoms. The van der Waals surface area contributed by atoms with Crippen LogP contribution < -0.4 is 16.0 Å². The lowest BCUT2D eigenvalue weighted by molar-refractivity contribution is 0.247. The van der Waals surface area contributed by atoms with Crippen molar-refractivity contribution in [3.63, 3.8) is 0 Å². The van der Waals surface area contributed by atoms with Gasteiger partial charge in [-0.05, 0) is 57.3 Å². The fourth-order valence-corrected chi connectivity index (χ4v) is 3.91. The van der Waals surface area contributed by atoms with Crippen LogP contribution in [0.15, 0.2) is 36.4 Å². The Balaban J connectivity index is 1.66. The first-order valence-electron chi connectivity index (χ1n) is 10.1. The molecule has 0 unspecified atom stereocenters. The highest BCUT2D eigenvalue weighted by Crippen LogP contribution is 2.32. The van der Waals surface area contributed by atoms with E-state index in [1.165, 1.54) is 5.69 Å². The van der Waals surface area contributed by atoms with Gasteiger partial charge in [-0.15, -0.1) is 5.10 Å².